The van der Waals surface area contributed by atoms with Gasteiger partial charge in [-0.15, -0.1) is 0 Å². The summed E-state index contributed by atoms with van der Waals surface area (Å²) in [7, 11) is 0. The van der Waals surface area contributed by atoms with Gasteiger partial charge in [0.25, 0.3) is 0 Å². The predicted molar refractivity (Wildman–Crippen MR) is 80.5 cm³/mol. The van der Waals surface area contributed by atoms with Crippen LogP contribution >= 0.6 is 11.6 Å². The summed E-state index contributed by atoms with van der Waals surface area (Å²) in [6, 6.07) is 8.06. The van der Waals surface area contributed by atoms with E-state index in [0.29, 0.717) is 6.54 Å². The zero-order valence-electron chi connectivity index (χ0n) is 11.7. The molecule has 1 aliphatic carbocycles. The fourth-order valence-electron chi connectivity index (χ4n) is 2.84. The van der Waals surface area contributed by atoms with Crippen LogP contribution in [0.3, 0.4) is 0 Å². The van der Waals surface area contributed by atoms with E-state index in [1.54, 1.807) is 0 Å². The van der Waals surface area contributed by atoms with Gasteiger partial charge in [-0.05, 0) is 31.4 Å². The Morgan fingerprint density at radius 1 is 1.21 bits per heavy atom. The molecule has 0 saturated heterocycles. The molecule has 1 aromatic carbocycles. The molecular weight excluding hydrogens is 258 g/mol. The van der Waals surface area contributed by atoms with Gasteiger partial charge in [-0.1, -0.05) is 55.5 Å². The van der Waals surface area contributed by atoms with Crippen molar-refractivity contribution in [2.24, 2.45) is 0 Å². The molecule has 0 radical (unpaired) electrons. The summed E-state index contributed by atoms with van der Waals surface area (Å²) in [4.78, 5) is 0. The number of hydrogen-bond acceptors (Lipinski definition) is 2. The lowest BCUT2D eigenvalue weighted by Gasteiger charge is -2.29. The van der Waals surface area contributed by atoms with Gasteiger partial charge in [-0.25, -0.2) is 0 Å². The van der Waals surface area contributed by atoms with Gasteiger partial charge in [0.2, 0.25) is 0 Å². The van der Waals surface area contributed by atoms with Crippen molar-refractivity contribution in [1.82, 2.24) is 5.32 Å². The summed E-state index contributed by atoms with van der Waals surface area (Å²) < 4.78 is 0. The average Bonchev–Trinajstić information content (AvgIpc) is 2.62. The maximum atomic E-state index is 10.6. The molecule has 1 aromatic rings. The Balaban J connectivity index is 1.92. The van der Waals surface area contributed by atoms with Crippen molar-refractivity contribution in [3.8, 4) is 0 Å². The standard InChI is InChI=1S/C16H24ClNO/c1-13(14-8-4-5-9-15(14)17)18-12-16(19)10-6-2-3-7-11-16/h4-5,8-9,13,18-19H,2-3,6-7,10-12H2,1H3. The van der Waals surface area contributed by atoms with Crippen LogP contribution < -0.4 is 5.32 Å². The van der Waals surface area contributed by atoms with Crippen molar-refractivity contribution in [1.29, 1.82) is 0 Å². The maximum absolute atomic E-state index is 10.6. The molecule has 0 aliphatic heterocycles. The van der Waals surface area contributed by atoms with E-state index in [1.165, 1.54) is 12.8 Å². The Morgan fingerprint density at radius 3 is 2.47 bits per heavy atom. The van der Waals surface area contributed by atoms with E-state index in [1.807, 2.05) is 24.3 Å². The SMILES string of the molecule is CC(NCC1(O)CCCCCC1)c1ccccc1Cl. The van der Waals surface area contributed by atoms with Crippen molar-refractivity contribution < 1.29 is 5.11 Å². The summed E-state index contributed by atoms with van der Waals surface area (Å²) in [5, 5.41) is 14.9. The van der Waals surface area contributed by atoms with E-state index in [-0.39, 0.29) is 6.04 Å². The molecule has 1 atom stereocenters. The molecule has 1 aliphatic rings. The van der Waals surface area contributed by atoms with Gasteiger partial charge >= 0.3 is 0 Å². The molecule has 106 valence electrons. The number of benzene rings is 1. The van der Waals surface area contributed by atoms with Crippen molar-refractivity contribution >= 4 is 11.6 Å². The normalized spacial score (nSPS) is 20.8. The number of hydrogen-bond donors (Lipinski definition) is 2. The highest BCUT2D eigenvalue weighted by Crippen LogP contribution is 2.28. The smallest absolute Gasteiger partial charge is 0.0771 e. The van der Waals surface area contributed by atoms with Gasteiger partial charge < -0.3 is 10.4 Å². The van der Waals surface area contributed by atoms with Crippen LogP contribution in [0.5, 0.6) is 0 Å². The van der Waals surface area contributed by atoms with E-state index in [9.17, 15) is 5.11 Å². The first-order valence-electron chi connectivity index (χ1n) is 7.31. The molecule has 0 aromatic heterocycles. The lowest BCUT2D eigenvalue weighted by molar-refractivity contribution is 0.0231. The maximum Gasteiger partial charge on any atom is 0.0771 e. The van der Waals surface area contributed by atoms with Gasteiger partial charge in [0.15, 0.2) is 0 Å². The first-order chi connectivity index (χ1) is 9.11. The van der Waals surface area contributed by atoms with E-state index in [0.717, 1.165) is 36.3 Å². The number of nitrogens with one attached hydrogen (secondary N) is 1. The summed E-state index contributed by atoms with van der Waals surface area (Å²) in [6.07, 6.45) is 6.60. The molecule has 2 rings (SSSR count). The summed E-state index contributed by atoms with van der Waals surface area (Å²) >= 11 is 6.20. The number of aliphatic hydroxyl groups is 1. The molecule has 1 fully saturated rings. The topological polar surface area (TPSA) is 32.3 Å². The monoisotopic (exact) mass is 281 g/mol. The Bertz CT molecular complexity index is 399. The van der Waals surface area contributed by atoms with Crippen LogP contribution in [0.2, 0.25) is 5.02 Å². The molecule has 2 nitrogen and oxygen atoms in total. The summed E-state index contributed by atoms with van der Waals surface area (Å²) in [5.74, 6) is 0. The van der Waals surface area contributed by atoms with Gasteiger partial charge in [0.05, 0.1) is 5.60 Å². The first-order valence-corrected chi connectivity index (χ1v) is 7.69. The minimum Gasteiger partial charge on any atom is -0.389 e. The van der Waals surface area contributed by atoms with Gasteiger partial charge in [-0.2, -0.15) is 0 Å². The van der Waals surface area contributed by atoms with Crippen molar-refractivity contribution in [2.75, 3.05) is 6.54 Å². The molecule has 0 amide bonds. The lowest BCUT2D eigenvalue weighted by atomic mass is 9.94. The van der Waals surface area contributed by atoms with Gasteiger partial charge in [0, 0.05) is 17.6 Å². The fourth-order valence-corrected chi connectivity index (χ4v) is 3.14. The van der Waals surface area contributed by atoms with E-state index < -0.39 is 5.60 Å². The minimum atomic E-state index is -0.536. The van der Waals surface area contributed by atoms with Crippen LogP contribution in [0.4, 0.5) is 0 Å². The van der Waals surface area contributed by atoms with E-state index >= 15 is 0 Å². The second kappa shape index (κ2) is 6.74. The first kappa shape index (κ1) is 14.8. The zero-order valence-corrected chi connectivity index (χ0v) is 12.4. The zero-order chi connectivity index (χ0) is 13.7. The molecule has 0 spiro atoms. The molecule has 19 heavy (non-hydrogen) atoms. The second-order valence-corrected chi connectivity index (χ2v) is 6.17. The van der Waals surface area contributed by atoms with Crippen LogP contribution in [0, 0.1) is 0 Å². The highest BCUT2D eigenvalue weighted by molar-refractivity contribution is 6.31. The highest BCUT2D eigenvalue weighted by Gasteiger charge is 2.28. The van der Waals surface area contributed by atoms with Crippen LogP contribution in [0.15, 0.2) is 24.3 Å². The Hall–Kier alpha value is -0.570. The van der Waals surface area contributed by atoms with Crippen LogP contribution in [-0.4, -0.2) is 17.3 Å². The fraction of sp³-hybridized carbons (Fsp3) is 0.625. The number of rotatable bonds is 4. The Kier molecular flexibility index (Phi) is 5.26. The Labute approximate surface area is 121 Å². The minimum absolute atomic E-state index is 0.168. The van der Waals surface area contributed by atoms with Gasteiger partial charge in [0.1, 0.15) is 0 Å². The van der Waals surface area contributed by atoms with Crippen molar-refractivity contribution in [3.63, 3.8) is 0 Å². The van der Waals surface area contributed by atoms with E-state index in [4.69, 9.17) is 11.6 Å². The highest BCUT2D eigenvalue weighted by atomic mass is 35.5. The van der Waals surface area contributed by atoms with Crippen LogP contribution in [0.1, 0.15) is 57.1 Å². The van der Waals surface area contributed by atoms with Crippen LogP contribution in [0.25, 0.3) is 0 Å². The summed E-state index contributed by atoms with van der Waals surface area (Å²) in [6.45, 7) is 2.75. The third-order valence-electron chi connectivity index (χ3n) is 4.14. The third-order valence-corrected chi connectivity index (χ3v) is 4.49. The lowest BCUT2D eigenvalue weighted by Crippen LogP contribution is -2.41. The average molecular weight is 282 g/mol. The number of halogens is 1. The molecule has 1 unspecified atom stereocenters. The largest absolute Gasteiger partial charge is 0.389 e. The predicted octanol–water partition coefficient (Wildman–Crippen LogP) is 4.08. The molecule has 0 bridgehead atoms. The molecule has 1 saturated carbocycles. The second-order valence-electron chi connectivity index (χ2n) is 5.76. The molecule has 0 heterocycles. The van der Waals surface area contributed by atoms with Crippen molar-refractivity contribution in [3.05, 3.63) is 34.9 Å². The van der Waals surface area contributed by atoms with Crippen molar-refractivity contribution in [2.45, 2.75) is 57.1 Å². The Morgan fingerprint density at radius 2 is 1.84 bits per heavy atom. The van der Waals surface area contributed by atoms with E-state index in [2.05, 4.69) is 12.2 Å². The molecule has 2 N–H and O–H groups in total. The molecular formula is C16H24ClNO. The quantitative estimate of drug-likeness (QED) is 0.815. The molecule has 3 heteroatoms. The third kappa shape index (κ3) is 4.20. The van der Waals surface area contributed by atoms with Crippen LogP contribution in [-0.2, 0) is 0 Å². The summed E-state index contributed by atoms with van der Waals surface area (Å²) in [5.41, 5.74) is 0.563. The van der Waals surface area contributed by atoms with Gasteiger partial charge in [-0.3, -0.25) is 0 Å².